The molecule has 0 unspecified atom stereocenters. The van der Waals surface area contributed by atoms with Crippen LogP contribution in [0.3, 0.4) is 0 Å². The maximum absolute atomic E-state index is 12.9. The molecule has 3 rings (SSSR count). The SMILES string of the molecule is CN=C(NCC(=O)Nc1ccc(F)cc1)N1CCC2(CCCC2)C1.I. The molecule has 2 N–H and O–H groups in total. The predicted molar refractivity (Wildman–Crippen MR) is 109 cm³/mol. The fourth-order valence-electron chi connectivity index (χ4n) is 3.88. The summed E-state index contributed by atoms with van der Waals surface area (Å²) in [6.45, 7) is 2.18. The van der Waals surface area contributed by atoms with Crippen molar-refractivity contribution in [1.29, 1.82) is 0 Å². The number of hydrogen-bond acceptors (Lipinski definition) is 2. The summed E-state index contributed by atoms with van der Waals surface area (Å²) in [5.74, 6) is 0.298. The Hall–Kier alpha value is -1.38. The van der Waals surface area contributed by atoms with Gasteiger partial charge in [0.15, 0.2) is 5.96 Å². The zero-order valence-electron chi connectivity index (χ0n) is 14.6. The molecule has 138 valence electrons. The van der Waals surface area contributed by atoms with Crippen molar-refractivity contribution in [3.8, 4) is 0 Å². The largest absolute Gasteiger partial charge is 0.347 e. The molecular formula is C18H26FIN4O. The van der Waals surface area contributed by atoms with Gasteiger partial charge in [-0.1, -0.05) is 12.8 Å². The van der Waals surface area contributed by atoms with Gasteiger partial charge in [-0.3, -0.25) is 9.79 Å². The molecule has 0 atom stereocenters. The molecule has 1 amide bonds. The van der Waals surface area contributed by atoms with Crippen molar-refractivity contribution in [2.75, 3.05) is 32.0 Å². The van der Waals surface area contributed by atoms with E-state index in [1.165, 1.54) is 44.2 Å². The first-order chi connectivity index (χ1) is 11.6. The minimum absolute atomic E-state index is 0. The van der Waals surface area contributed by atoms with Crippen LogP contribution in [0.15, 0.2) is 29.3 Å². The molecule has 7 heteroatoms. The summed E-state index contributed by atoms with van der Waals surface area (Å²) in [7, 11) is 1.75. The van der Waals surface area contributed by atoms with Crippen molar-refractivity contribution < 1.29 is 9.18 Å². The number of carbonyl (C=O) groups is 1. The van der Waals surface area contributed by atoms with Crippen LogP contribution in [0, 0.1) is 11.2 Å². The fourth-order valence-corrected chi connectivity index (χ4v) is 3.88. The Balaban J connectivity index is 0.00000225. The van der Waals surface area contributed by atoms with E-state index in [1.54, 1.807) is 19.2 Å². The number of nitrogens with zero attached hydrogens (tertiary/aromatic N) is 2. The molecule has 0 radical (unpaired) electrons. The molecule has 1 saturated heterocycles. The fraction of sp³-hybridized carbons (Fsp3) is 0.556. The predicted octanol–water partition coefficient (Wildman–Crippen LogP) is 3.22. The Morgan fingerprint density at radius 3 is 2.56 bits per heavy atom. The highest BCUT2D eigenvalue weighted by Gasteiger charge is 2.41. The number of hydrogen-bond donors (Lipinski definition) is 2. The topological polar surface area (TPSA) is 56.7 Å². The normalized spacial score (nSPS) is 19.0. The molecule has 1 spiro atoms. The van der Waals surface area contributed by atoms with Gasteiger partial charge in [-0.2, -0.15) is 0 Å². The lowest BCUT2D eigenvalue weighted by Crippen LogP contribution is -2.44. The number of benzene rings is 1. The van der Waals surface area contributed by atoms with E-state index in [-0.39, 0.29) is 42.2 Å². The zero-order valence-corrected chi connectivity index (χ0v) is 16.9. The van der Waals surface area contributed by atoms with Crippen molar-refractivity contribution >= 4 is 41.5 Å². The van der Waals surface area contributed by atoms with E-state index in [0.29, 0.717) is 11.1 Å². The Labute approximate surface area is 165 Å². The van der Waals surface area contributed by atoms with Crippen LogP contribution >= 0.6 is 24.0 Å². The molecule has 1 aromatic carbocycles. The number of guanidine groups is 1. The van der Waals surface area contributed by atoms with Crippen molar-refractivity contribution in [3.63, 3.8) is 0 Å². The summed E-state index contributed by atoms with van der Waals surface area (Å²) in [6, 6.07) is 5.75. The third kappa shape index (κ3) is 5.05. The lowest BCUT2D eigenvalue weighted by Gasteiger charge is -2.25. The molecule has 25 heavy (non-hydrogen) atoms. The second-order valence-electron chi connectivity index (χ2n) is 6.83. The van der Waals surface area contributed by atoms with Gasteiger partial charge >= 0.3 is 0 Å². The first-order valence-electron chi connectivity index (χ1n) is 8.61. The number of amides is 1. The maximum Gasteiger partial charge on any atom is 0.243 e. The quantitative estimate of drug-likeness (QED) is 0.414. The number of rotatable bonds is 3. The smallest absolute Gasteiger partial charge is 0.243 e. The van der Waals surface area contributed by atoms with Gasteiger partial charge in [0.05, 0.1) is 6.54 Å². The van der Waals surface area contributed by atoms with Crippen molar-refractivity contribution in [3.05, 3.63) is 30.1 Å². The molecule has 1 aliphatic heterocycles. The van der Waals surface area contributed by atoms with E-state index in [9.17, 15) is 9.18 Å². The van der Waals surface area contributed by atoms with E-state index >= 15 is 0 Å². The third-order valence-electron chi connectivity index (χ3n) is 5.15. The van der Waals surface area contributed by atoms with Gasteiger partial charge in [0.2, 0.25) is 5.91 Å². The van der Waals surface area contributed by atoms with E-state index < -0.39 is 0 Å². The molecule has 1 saturated carbocycles. The number of halogens is 2. The van der Waals surface area contributed by atoms with Crippen LogP contribution in [0.5, 0.6) is 0 Å². The second kappa shape index (κ2) is 8.82. The molecule has 0 aromatic heterocycles. The van der Waals surface area contributed by atoms with Crippen LogP contribution in [0.4, 0.5) is 10.1 Å². The van der Waals surface area contributed by atoms with Gasteiger partial charge in [-0.15, -0.1) is 24.0 Å². The van der Waals surface area contributed by atoms with Crippen molar-refractivity contribution in [2.24, 2.45) is 10.4 Å². The van der Waals surface area contributed by atoms with Gasteiger partial charge < -0.3 is 15.5 Å². The van der Waals surface area contributed by atoms with Gasteiger partial charge in [-0.25, -0.2) is 4.39 Å². The number of carbonyl (C=O) groups excluding carboxylic acids is 1. The van der Waals surface area contributed by atoms with Crippen LogP contribution in [-0.2, 0) is 4.79 Å². The molecular weight excluding hydrogens is 434 g/mol. The van der Waals surface area contributed by atoms with Gasteiger partial charge in [0.25, 0.3) is 0 Å². The number of aliphatic imine (C=N–C) groups is 1. The number of nitrogens with one attached hydrogen (secondary N) is 2. The summed E-state index contributed by atoms with van der Waals surface area (Å²) in [4.78, 5) is 18.6. The molecule has 1 aromatic rings. The molecule has 5 nitrogen and oxygen atoms in total. The number of likely N-dealkylation sites (tertiary alicyclic amines) is 1. The summed E-state index contributed by atoms with van der Waals surface area (Å²) >= 11 is 0. The van der Waals surface area contributed by atoms with Crippen LogP contribution in [-0.4, -0.2) is 43.4 Å². The van der Waals surface area contributed by atoms with Gasteiger partial charge in [-0.05, 0) is 48.9 Å². The minimum atomic E-state index is -0.318. The summed E-state index contributed by atoms with van der Waals surface area (Å²) < 4.78 is 12.9. The average molecular weight is 460 g/mol. The third-order valence-corrected chi connectivity index (χ3v) is 5.15. The highest BCUT2D eigenvalue weighted by Crippen LogP contribution is 2.45. The Morgan fingerprint density at radius 1 is 1.24 bits per heavy atom. The molecule has 2 aliphatic rings. The molecule has 2 fully saturated rings. The lowest BCUT2D eigenvalue weighted by molar-refractivity contribution is -0.115. The monoisotopic (exact) mass is 460 g/mol. The summed E-state index contributed by atoms with van der Waals surface area (Å²) in [5, 5.41) is 5.89. The van der Waals surface area contributed by atoms with E-state index in [0.717, 1.165) is 19.0 Å². The summed E-state index contributed by atoms with van der Waals surface area (Å²) in [6.07, 6.45) is 6.51. The highest BCUT2D eigenvalue weighted by atomic mass is 127. The lowest BCUT2D eigenvalue weighted by atomic mass is 9.86. The Bertz CT molecular complexity index is 614. The summed E-state index contributed by atoms with van der Waals surface area (Å²) in [5.41, 5.74) is 1.05. The van der Waals surface area contributed by atoms with Gasteiger partial charge in [0.1, 0.15) is 5.82 Å². The van der Waals surface area contributed by atoms with Crippen LogP contribution in [0.1, 0.15) is 32.1 Å². The van der Waals surface area contributed by atoms with Crippen LogP contribution in [0.25, 0.3) is 0 Å². The van der Waals surface area contributed by atoms with E-state index in [2.05, 4.69) is 20.5 Å². The van der Waals surface area contributed by atoms with E-state index in [1.807, 2.05) is 0 Å². The molecule has 1 heterocycles. The number of anilines is 1. The van der Waals surface area contributed by atoms with Gasteiger partial charge in [0, 0.05) is 25.8 Å². The standard InChI is InChI=1S/C18H25FN4O.HI/c1-20-17(23-11-10-18(13-23)8-2-3-9-18)21-12-16(24)22-15-6-4-14(19)5-7-15;/h4-7H,2-3,8-13H2,1H3,(H,20,21)(H,22,24);1H. The maximum atomic E-state index is 12.9. The molecule has 0 bridgehead atoms. The Morgan fingerprint density at radius 2 is 1.92 bits per heavy atom. The van der Waals surface area contributed by atoms with Crippen LogP contribution in [0.2, 0.25) is 0 Å². The second-order valence-corrected chi connectivity index (χ2v) is 6.83. The zero-order chi connectivity index (χ0) is 17.0. The van der Waals surface area contributed by atoms with E-state index in [4.69, 9.17) is 0 Å². The first kappa shape index (κ1) is 19.9. The highest BCUT2D eigenvalue weighted by molar-refractivity contribution is 14.0. The van der Waals surface area contributed by atoms with Crippen molar-refractivity contribution in [1.82, 2.24) is 10.2 Å². The minimum Gasteiger partial charge on any atom is -0.347 e. The average Bonchev–Trinajstić information content (AvgIpc) is 3.21. The van der Waals surface area contributed by atoms with Crippen LogP contribution < -0.4 is 10.6 Å². The first-order valence-corrected chi connectivity index (χ1v) is 8.61. The van der Waals surface area contributed by atoms with Crippen molar-refractivity contribution in [2.45, 2.75) is 32.1 Å². The Kier molecular flexibility index (Phi) is 7.04. The molecule has 1 aliphatic carbocycles.